The van der Waals surface area contributed by atoms with Gasteiger partial charge in [-0.05, 0) is 61.2 Å². The Hall–Kier alpha value is -3.10. The molecule has 3 aliphatic carbocycles. The molecule has 0 aromatic carbocycles. The number of hydrogen-bond donors (Lipinski definition) is 3. The van der Waals surface area contributed by atoms with E-state index < -0.39 is 52.9 Å². The second-order valence-corrected chi connectivity index (χ2v) is 13.0. The average molecular weight is 550 g/mol. The molecule has 9 nitrogen and oxygen atoms in total. The highest BCUT2D eigenvalue weighted by atomic mass is 19.4. The summed E-state index contributed by atoms with van der Waals surface area (Å²) in [6.45, 7) is 4.83. The Balaban J connectivity index is 1.39. The van der Waals surface area contributed by atoms with Gasteiger partial charge in [0, 0.05) is 12.6 Å². The van der Waals surface area contributed by atoms with E-state index in [1.165, 1.54) is 4.90 Å². The Morgan fingerprint density at radius 2 is 1.90 bits per heavy atom. The second kappa shape index (κ2) is 9.24. The maximum absolute atomic E-state index is 13.8. The van der Waals surface area contributed by atoms with Gasteiger partial charge in [0.2, 0.25) is 17.7 Å². The predicted molar refractivity (Wildman–Crippen MR) is 131 cm³/mol. The van der Waals surface area contributed by atoms with E-state index in [0.29, 0.717) is 12.8 Å². The first-order valence-corrected chi connectivity index (χ1v) is 13.5. The Kier molecular flexibility index (Phi) is 6.50. The molecule has 4 amide bonds. The van der Waals surface area contributed by atoms with Gasteiger partial charge in [-0.1, -0.05) is 32.9 Å². The lowest BCUT2D eigenvalue weighted by molar-refractivity contribution is -0.176. The lowest BCUT2D eigenvalue weighted by atomic mass is 9.79. The number of carbonyl (C=O) groups is 4. The fourth-order valence-electron chi connectivity index (χ4n) is 7.66. The van der Waals surface area contributed by atoms with Crippen molar-refractivity contribution in [2.24, 2.45) is 34.5 Å². The van der Waals surface area contributed by atoms with Gasteiger partial charge >= 0.3 is 12.1 Å². The van der Waals surface area contributed by atoms with Crippen molar-refractivity contribution < 1.29 is 32.3 Å². The van der Waals surface area contributed by atoms with Crippen molar-refractivity contribution in [2.45, 2.75) is 83.2 Å². The summed E-state index contributed by atoms with van der Waals surface area (Å²) >= 11 is 0. The highest BCUT2D eigenvalue weighted by Crippen LogP contribution is 2.54. The Bertz CT molecular complexity index is 1160. The SMILES string of the molecule is CC(C)(C)[C@H](NC(=O)C(F)(F)F)C(=O)N1CC2C3C=CC(C3)C2C1C(=O)NC(C#N)C[C@]12CC[C@H](C1)NC2=O. The van der Waals surface area contributed by atoms with Crippen LogP contribution in [0.5, 0.6) is 0 Å². The normalized spacial score (nSPS) is 35.8. The molecule has 2 aliphatic heterocycles. The van der Waals surface area contributed by atoms with Crippen LogP contribution < -0.4 is 16.0 Å². The number of halogens is 3. The number of fused-ring (bicyclic) bond motifs is 7. The molecule has 0 radical (unpaired) electrons. The number of nitrogens with zero attached hydrogens (tertiary/aromatic N) is 2. The van der Waals surface area contributed by atoms with Crippen LogP contribution in [-0.4, -0.2) is 65.4 Å². The summed E-state index contributed by atoms with van der Waals surface area (Å²) in [6.07, 6.45) is 1.97. The minimum absolute atomic E-state index is 0.0294. The molecule has 0 spiro atoms. The standard InChI is InChI=1S/C27H34F3N5O4/c1-25(2,3)20(34-24(39)27(28,29)30)22(37)35-12-17-13-4-5-14(8-13)18(17)19(35)21(36)32-16(11-31)10-26-7-6-15(9-26)33-23(26)38/h4-5,13-20H,6-10,12H2,1-3H3,(H,32,36)(H,33,38)(H,34,39)/t13?,14?,15-,16?,17?,18?,19?,20-,26+/m1/s1. The zero-order valence-corrected chi connectivity index (χ0v) is 22.2. The average Bonchev–Trinajstić information content (AvgIpc) is 3.64. The van der Waals surface area contributed by atoms with Crippen LogP contribution in [0.25, 0.3) is 0 Å². The number of alkyl halides is 3. The topological polar surface area (TPSA) is 131 Å². The van der Waals surface area contributed by atoms with E-state index in [9.17, 15) is 37.6 Å². The van der Waals surface area contributed by atoms with Crippen molar-refractivity contribution >= 4 is 23.6 Å². The van der Waals surface area contributed by atoms with Crippen LogP contribution in [0.4, 0.5) is 13.2 Å². The van der Waals surface area contributed by atoms with Gasteiger partial charge in [-0.25, -0.2) is 0 Å². The number of carbonyl (C=O) groups excluding carboxylic acids is 4. The van der Waals surface area contributed by atoms with Crippen LogP contribution in [0.1, 0.15) is 52.9 Å². The minimum atomic E-state index is -5.17. The van der Waals surface area contributed by atoms with Gasteiger partial charge in [0.15, 0.2) is 0 Å². The van der Waals surface area contributed by atoms with Crippen LogP contribution in [0.15, 0.2) is 12.2 Å². The summed E-state index contributed by atoms with van der Waals surface area (Å²) in [4.78, 5) is 53.3. The first-order chi connectivity index (χ1) is 18.1. The molecule has 3 N–H and O–H groups in total. The molecular weight excluding hydrogens is 515 g/mol. The number of rotatable bonds is 6. The van der Waals surface area contributed by atoms with Gasteiger partial charge in [-0.2, -0.15) is 18.4 Å². The van der Waals surface area contributed by atoms with Crippen molar-refractivity contribution in [2.75, 3.05) is 6.54 Å². The highest BCUT2D eigenvalue weighted by Gasteiger charge is 2.60. The molecule has 12 heteroatoms. The van der Waals surface area contributed by atoms with Crippen molar-refractivity contribution in [3.63, 3.8) is 0 Å². The monoisotopic (exact) mass is 549 g/mol. The lowest BCUT2D eigenvalue weighted by Crippen LogP contribution is -2.60. The molecule has 2 saturated carbocycles. The molecule has 212 valence electrons. The van der Waals surface area contributed by atoms with E-state index in [1.807, 2.05) is 11.4 Å². The van der Waals surface area contributed by atoms with Gasteiger partial charge in [0.25, 0.3) is 0 Å². The van der Waals surface area contributed by atoms with E-state index >= 15 is 0 Å². The third-order valence-corrected chi connectivity index (χ3v) is 9.49. The quantitative estimate of drug-likeness (QED) is 0.435. The number of nitrogens with one attached hydrogen (secondary N) is 3. The smallest absolute Gasteiger partial charge is 0.353 e. The minimum Gasteiger partial charge on any atom is -0.353 e. The molecule has 0 aromatic heterocycles. The molecule has 5 aliphatic rings. The molecule has 0 aromatic rings. The molecule has 2 heterocycles. The van der Waals surface area contributed by atoms with Gasteiger partial charge < -0.3 is 20.9 Å². The van der Waals surface area contributed by atoms with E-state index in [2.05, 4.69) is 22.8 Å². The summed E-state index contributed by atoms with van der Waals surface area (Å²) in [5.74, 6) is -3.75. The summed E-state index contributed by atoms with van der Waals surface area (Å²) in [5, 5.41) is 17.4. The van der Waals surface area contributed by atoms with Crippen LogP contribution in [-0.2, 0) is 19.2 Å². The van der Waals surface area contributed by atoms with Crippen LogP contribution in [0.3, 0.4) is 0 Å². The van der Waals surface area contributed by atoms with Crippen LogP contribution in [0, 0.1) is 45.8 Å². The molecule has 4 bridgehead atoms. The Labute approximate surface area is 224 Å². The van der Waals surface area contributed by atoms with Crippen LogP contribution >= 0.6 is 0 Å². The van der Waals surface area contributed by atoms with Crippen molar-refractivity contribution in [1.82, 2.24) is 20.9 Å². The zero-order valence-electron chi connectivity index (χ0n) is 22.2. The first kappa shape index (κ1) is 27.5. The third kappa shape index (κ3) is 4.67. The van der Waals surface area contributed by atoms with Crippen molar-refractivity contribution in [1.29, 1.82) is 5.26 Å². The van der Waals surface area contributed by atoms with E-state index in [-0.39, 0.29) is 48.6 Å². The van der Waals surface area contributed by atoms with E-state index in [0.717, 1.165) is 12.8 Å². The van der Waals surface area contributed by atoms with Crippen molar-refractivity contribution in [3.8, 4) is 6.07 Å². The lowest BCUT2D eigenvalue weighted by Gasteiger charge is -2.37. The fraction of sp³-hybridized carbons (Fsp3) is 0.741. The number of piperidine rings is 1. The van der Waals surface area contributed by atoms with Gasteiger partial charge in [-0.15, -0.1) is 0 Å². The maximum atomic E-state index is 13.8. The maximum Gasteiger partial charge on any atom is 0.471 e. The Morgan fingerprint density at radius 3 is 2.46 bits per heavy atom. The zero-order chi connectivity index (χ0) is 28.5. The molecule has 2 saturated heterocycles. The van der Waals surface area contributed by atoms with Gasteiger partial charge in [-0.3, -0.25) is 19.2 Å². The van der Waals surface area contributed by atoms with Gasteiger partial charge in [0.1, 0.15) is 18.1 Å². The number of hydrogen-bond acceptors (Lipinski definition) is 5. The molecule has 39 heavy (non-hydrogen) atoms. The molecule has 4 fully saturated rings. The number of nitriles is 1. The largest absolute Gasteiger partial charge is 0.471 e. The molecule has 6 unspecified atom stereocenters. The molecule has 5 rings (SSSR count). The second-order valence-electron chi connectivity index (χ2n) is 13.0. The number of amides is 4. The molecule has 9 atom stereocenters. The summed E-state index contributed by atoms with van der Waals surface area (Å²) in [5.41, 5.74) is -1.78. The molecular formula is C27H34F3N5O4. The van der Waals surface area contributed by atoms with E-state index in [1.54, 1.807) is 20.8 Å². The summed E-state index contributed by atoms with van der Waals surface area (Å²) in [7, 11) is 0. The fourth-order valence-corrected chi connectivity index (χ4v) is 7.66. The summed E-state index contributed by atoms with van der Waals surface area (Å²) in [6, 6.07) is -1.31. The third-order valence-electron chi connectivity index (χ3n) is 9.49. The number of likely N-dealkylation sites (tertiary alicyclic amines) is 1. The van der Waals surface area contributed by atoms with Gasteiger partial charge in [0.05, 0.1) is 11.5 Å². The Morgan fingerprint density at radius 1 is 1.21 bits per heavy atom. The van der Waals surface area contributed by atoms with Crippen LogP contribution in [0.2, 0.25) is 0 Å². The predicted octanol–water partition coefficient (Wildman–Crippen LogP) is 1.80. The number of allylic oxidation sites excluding steroid dienone is 2. The highest BCUT2D eigenvalue weighted by molar-refractivity contribution is 5.94. The summed E-state index contributed by atoms with van der Waals surface area (Å²) < 4.78 is 39.3. The van der Waals surface area contributed by atoms with E-state index in [4.69, 9.17) is 0 Å². The first-order valence-electron chi connectivity index (χ1n) is 13.5. The van der Waals surface area contributed by atoms with Crippen molar-refractivity contribution in [3.05, 3.63) is 12.2 Å².